The SMILES string of the molecule is Oc1ccc2c3c(ccc2c1)-c1cc(F)c(F)c(F)c1COC3c1ccc(OCCN2CCCCC2)cc1. The van der Waals surface area contributed by atoms with E-state index in [1.165, 1.54) is 19.3 Å². The lowest BCUT2D eigenvalue weighted by molar-refractivity contribution is 0.0679. The van der Waals surface area contributed by atoms with Crippen LogP contribution in [0.4, 0.5) is 13.2 Å². The minimum absolute atomic E-state index is 0.0246. The van der Waals surface area contributed by atoms with E-state index in [1.54, 1.807) is 30.3 Å². The second-order valence-corrected chi connectivity index (χ2v) is 9.96. The fourth-order valence-corrected chi connectivity index (χ4v) is 5.60. The molecule has 0 bridgehead atoms. The highest BCUT2D eigenvalue weighted by Gasteiger charge is 2.30. The van der Waals surface area contributed by atoms with Crippen LogP contribution in [0.2, 0.25) is 0 Å². The average Bonchev–Trinajstić information content (AvgIpc) is 3.10. The second-order valence-electron chi connectivity index (χ2n) is 9.96. The van der Waals surface area contributed by atoms with E-state index in [1.807, 2.05) is 24.3 Å². The van der Waals surface area contributed by atoms with Crippen molar-refractivity contribution in [2.75, 3.05) is 26.2 Å². The first-order valence-corrected chi connectivity index (χ1v) is 13.0. The molecule has 196 valence electrons. The summed E-state index contributed by atoms with van der Waals surface area (Å²) < 4.78 is 55.6. The minimum Gasteiger partial charge on any atom is -0.508 e. The molecule has 0 aliphatic carbocycles. The summed E-state index contributed by atoms with van der Waals surface area (Å²) in [5, 5.41) is 11.5. The van der Waals surface area contributed by atoms with Gasteiger partial charge in [-0.25, -0.2) is 13.2 Å². The topological polar surface area (TPSA) is 41.9 Å². The van der Waals surface area contributed by atoms with Gasteiger partial charge in [0.15, 0.2) is 17.5 Å². The van der Waals surface area contributed by atoms with Crippen LogP contribution >= 0.6 is 0 Å². The maximum atomic E-state index is 14.9. The second kappa shape index (κ2) is 10.3. The summed E-state index contributed by atoms with van der Waals surface area (Å²) in [6.07, 6.45) is 3.12. The molecule has 0 radical (unpaired) electrons. The van der Waals surface area contributed by atoms with E-state index in [-0.39, 0.29) is 23.5 Å². The molecular weight excluding hydrogens is 491 g/mol. The minimum atomic E-state index is -1.51. The van der Waals surface area contributed by atoms with Gasteiger partial charge in [0, 0.05) is 17.7 Å². The normalized spacial score (nSPS) is 17.6. The highest BCUT2D eigenvalue weighted by atomic mass is 19.2. The molecule has 1 N–H and O–H groups in total. The number of phenols is 1. The third-order valence-electron chi connectivity index (χ3n) is 7.56. The van der Waals surface area contributed by atoms with Gasteiger partial charge >= 0.3 is 0 Å². The smallest absolute Gasteiger partial charge is 0.194 e. The number of rotatable bonds is 5. The Bertz CT molecular complexity index is 1480. The van der Waals surface area contributed by atoms with Crippen LogP contribution in [0.1, 0.15) is 42.1 Å². The molecule has 4 nitrogen and oxygen atoms in total. The van der Waals surface area contributed by atoms with E-state index in [2.05, 4.69) is 4.90 Å². The maximum Gasteiger partial charge on any atom is 0.194 e. The van der Waals surface area contributed by atoms with Gasteiger partial charge in [0.1, 0.15) is 24.2 Å². The lowest BCUT2D eigenvalue weighted by Crippen LogP contribution is -2.33. The Morgan fingerprint density at radius 2 is 1.66 bits per heavy atom. The number of phenolic OH excluding ortho intramolecular Hbond substituents is 1. The number of nitrogens with zero attached hydrogens (tertiary/aromatic N) is 1. The largest absolute Gasteiger partial charge is 0.508 e. The Balaban J connectivity index is 1.36. The molecule has 4 aromatic carbocycles. The van der Waals surface area contributed by atoms with Crippen LogP contribution in [0.15, 0.2) is 60.7 Å². The summed E-state index contributed by atoms with van der Waals surface area (Å²) in [5.41, 5.74) is 2.28. The summed E-state index contributed by atoms with van der Waals surface area (Å²) in [7, 11) is 0. The molecule has 2 aliphatic heterocycles. The lowest BCUT2D eigenvalue weighted by Gasteiger charge is -2.26. The van der Waals surface area contributed by atoms with Crippen molar-refractivity contribution in [1.82, 2.24) is 4.90 Å². The molecule has 1 unspecified atom stereocenters. The number of likely N-dealkylation sites (tertiary alicyclic amines) is 1. The number of ether oxygens (including phenoxy) is 2. The first-order valence-electron chi connectivity index (χ1n) is 13.0. The molecule has 0 amide bonds. The molecule has 0 saturated carbocycles. The maximum absolute atomic E-state index is 14.9. The third-order valence-corrected chi connectivity index (χ3v) is 7.56. The van der Waals surface area contributed by atoms with Crippen molar-refractivity contribution < 1.29 is 27.8 Å². The summed E-state index contributed by atoms with van der Waals surface area (Å²) in [5.74, 6) is -3.16. The van der Waals surface area contributed by atoms with E-state index in [0.29, 0.717) is 17.7 Å². The van der Waals surface area contributed by atoms with Crippen LogP contribution in [0.3, 0.4) is 0 Å². The van der Waals surface area contributed by atoms with E-state index in [4.69, 9.17) is 9.47 Å². The Morgan fingerprint density at radius 3 is 2.45 bits per heavy atom. The molecule has 1 fully saturated rings. The average molecular weight is 520 g/mol. The number of fused-ring (bicyclic) bond motifs is 5. The van der Waals surface area contributed by atoms with Gasteiger partial charge in [0.2, 0.25) is 0 Å². The zero-order valence-corrected chi connectivity index (χ0v) is 20.9. The highest BCUT2D eigenvalue weighted by Crippen LogP contribution is 2.45. The Hall–Kier alpha value is -3.55. The predicted octanol–water partition coefficient (Wildman–Crippen LogP) is 7.11. The Kier molecular flexibility index (Phi) is 6.72. The molecule has 1 atom stereocenters. The molecule has 0 spiro atoms. The molecule has 0 aromatic heterocycles. The number of aromatic hydroxyl groups is 1. The zero-order valence-electron chi connectivity index (χ0n) is 20.9. The van der Waals surface area contributed by atoms with Gasteiger partial charge in [-0.1, -0.05) is 36.8 Å². The molecule has 1 saturated heterocycles. The van der Waals surface area contributed by atoms with Crippen molar-refractivity contribution in [2.45, 2.75) is 32.0 Å². The summed E-state index contributed by atoms with van der Waals surface area (Å²) >= 11 is 0. The van der Waals surface area contributed by atoms with E-state index >= 15 is 0 Å². The highest BCUT2D eigenvalue weighted by molar-refractivity contribution is 5.94. The van der Waals surface area contributed by atoms with Gasteiger partial charge in [0.25, 0.3) is 0 Å². The Labute approximate surface area is 219 Å². The van der Waals surface area contributed by atoms with E-state index < -0.39 is 23.6 Å². The van der Waals surface area contributed by atoms with Crippen LogP contribution < -0.4 is 4.74 Å². The summed E-state index contributed by atoms with van der Waals surface area (Å²) in [6, 6.07) is 17.1. The van der Waals surface area contributed by atoms with E-state index in [0.717, 1.165) is 47.8 Å². The predicted molar refractivity (Wildman–Crippen MR) is 140 cm³/mol. The van der Waals surface area contributed by atoms with Gasteiger partial charge in [-0.2, -0.15) is 0 Å². The van der Waals surface area contributed by atoms with E-state index in [9.17, 15) is 18.3 Å². The van der Waals surface area contributed by atoms with Crippen molar-refractivity contribution in [1.29, 1.82) is 0 Å². The molecule has 2 heterocycles. The van der Waals surface area contributed by atoms with Crippen molar-refractivity contribution in [3.8, 4) is 22.6 Å². The molecule has 38 heavy (non-hydrogen) atoms. The fraction of sp³-hybridized carbons (Fsp3) is 0.290. The monoisotopic (exact) mass is 519 g/mol. The summed E-state index contributed by atoms with van der Waals surface area (Å²) in [4.78, 5) is 2.42. The number of piperidine rings is 1. The number of benzene rings is 4. The Morgan fingerprint density at radius 1 is 0.868 bits per heavy atom. The molecule has 4 aromatic rings. The summed E-state index contributed by atoms with van der Waals surface area (Å²) in [6.45, 7) is 3.48. The van der Waals surface area contributed by atoms with Gasteiger partial charge in [-0.05, 0) is 83.7 Å². The van der Waals surface area contributed by atoms with Crippen LogP contribution in [0, 0.1) is 17.5 Å². The third kappa shape index (κ3) is 4.61. The van der Waals surface area contributed by atoms with Crippen LogP contribution in [-0.4, -0.2) is 36.2 Å². The van der Waals surface area contributed by atoms with Crippen molar-refractivity contribution in [3.05, 3.63) is 94.8 Å². The number of hydrogen-bond acceptors (Lipinski definition) is 4. The number of hydrogen-bond donors (Lipinski definition) is 1. The zero-order chi connectivity index (χ0) is 26.2. The quantitative estimate of drug-likeness (QED) is 0.285. The van der Waals surface area contributed by atoms with Crippen LogP contribution in [0.25, 0.3) is 21.9 Å². The van der Waals surface area contributed by atoms with Crippen molar-refractivity contribution in [3.63, 3.8) is 0 Å². The molecule has 7 heteroatoms. The van der Waals surface area contributed by atoms with Crippen molar-refractivity contribution in [2.24, 2.45) is 0 Å². The lowest BCUT2D eigenvalue weighted by atomic mass is 9.87. The first-order chi connectivity index (χ1) is 18.5. The van der Waals surface area contributed by atoms with Gasteiger partial charge in [-0.3, -0.25) is 4.90 Å². The molecule has 6 rings (SSSR count). The van der Waals surface area contributed by atoms with Gasteiger partial charge in [-0.15, -0.1) is 0 Å². The molecular formula is C31H28F3NO3. The standard InChI is InChI=1S/C31H28F3NO3/c32-27-17-25-24-10-6-20-16-21(36)7-11-23(20)28(24)31(38-18-26(25)29(33)30(27)34)19-4-8-22(9-5-19)37-15-14-35-12-2-1-3-13-35/h4-11,16-17,31,36H,1-3,12-15,18H2. The first kappa shape index (κ1) is 24.8. The van der Waals surface area contributed by atoms with Crippen LogP contribution in [0.5, 0.6) is 11.5 Å². The molecule has 2 aliphatic rings. The van der Waals surface area contributed by atoms with Gasteiger partial charge < -0.3 is 14.6 Å². The van der Waals surface area contributed by atoms with Crippen LogP contribution in [-0.2, 0) is 11.3 Å². The van der Waals surface area contributed by atoms with Gasteiger partial charge in [0.05, 0.1) is 6.61 Å². The van der Waals surface area contributed by atoms with Crippen molar-refractivity contribution >= 4 is 10.8 Å². The number of halogens is 3. The fourth-order valence-electron chi connectivity index (χ4n) is 5.60.